The molecule has 1 aliphatic rings. The second-order valence-corrected chi connectivity index (χ2v) is 12.0. The number of aromatic hydroxyl groups is 1. The number of phenols is 1. The van der Waals surface area contributed by atoms with Crippen LogP contribution < -0.4 is 11.0 Å². The van der Waals surface area contributed by atoms with E-state index < -0.39 is 0 Å². The number of phenolic OH excluding ortho intramolecular Hbond substituents is 1. The topological polar surface area (TPSA) is 96.6 Å². The van der Waals surface area contributed by atoms with Crippen LogP contribution in [0.15, 0.2) is 66.5 Å². The zero-order valence-corrected chi connectivity index (χ0v) is 23.6. The largest absolute Gasteiger partial charge is 0.506 e. The molecule has 0 fully saturated rings. The molecule has 0 unspecified atom stereocenters. The highest BCUT2D eigenvalue weighted by Gasteiger charge is 2.23. The third-order valence-electron chi connectivity index (χ3n) is 5.76. The number of nitrogens with zero attached hydrogens (tertiary/aromatic N) is 3. The molecule has 2 aromatic carbocycles. The van der Waals surface area contributed by atoms with Crippen molar-refractivity contribution in [2.75, 3.05) is 5.75 Å². The van der Waals surface area contributed by atoms with Crippen LogP contribution in [-0.4, -0.2) is 32.5 Å². The van der Waals surface area contributed by atoms with Crippen molar-refractivity contribution in [3.63, 3.8) is 0 Å². The summed E-state index contributed by atoms with van der Waals surface area (Å²) in [7, 11) is 0. The van der Waals surface area contributed by atoms with Gasteiger partial charge in [-0.3, -0.25) is 14.2 Å². The minimum Gasteiger partial charge on any atom is -0.506 e. The maximum absolute atomic E-state index is 13.7. The van der Waals surface area contributed by atoms with Gasteiger partial charge in [0.15, 0.2) is 5.16 Å². The molecule has 36 heavy (non-hydrogen) atoms. The highest BCUT2D eigenvalue weighted by molar-refractivity contribution is 9.11. The molecule has 4 aromatic rings. The SMILES string of the molecule is O=C(CSc1nc2sc3c(c2c(=O)n1-c1ccccc1)CCCC3)N/N=C/c1cc(Br)cc(Br)c1O. The number of hydrogen-bond donors (Lipinski definition) is 2. The van der Waals surface area contributed by atoms with Gasteiger partial charge >= 0.3 is 0 Å². The van der Waals surface area contributed by atoms with Crippen molar-refractivity contribution < 1.29 is 9.90 Å². The molecule has 7 nitrogen and oxygen atoms in total. The molecular formula is C25H20Br2N4O3S2. The van der Waals surface area contributed by atoms with Crippen LogP contribution in [0, 0.1) is 0 Å². The third-order valence-corrected chi connectivity index (χ3v) is 8.94. The number of carbonyl (C=O) groups is 1. The van der Waals surface area contributed by atoms with Gasteiger partial charge in [-0.05, 0) is 71.4 Å². The van der Waals surface area contributed by atoms with Crippen LogP contribution >= 0.6 is 55.0 Å². The lowest BCUT2D eigenvalue weighted by Gasteiger charge is -2.13. The number of nitrogens with one attached hydrogen (secondary N) is 1. The zero-order chi connectivity index (χ0) is 25.2. The molecule has 0 spiro atoms. The van der Waals surface area contributed by atoms with E-state index in [0.717, 1.165) is 40.5 Å². The van der Waals surface area contributed by atoms with Crippen LogP contribution in [0.3, 0.4) is 0 Å². The average molecular weight is 648 g/mol. The molecule has 184 valence electrons. The first-order valence-electron chi connectivity index (χ1n) is 11.2. The molecule has 0 bridgehead atoms. The monoisotopic (exact) mass is 646 g/mol. The Morgan fingerprint density at radius 2 is 2.00 bits per heavy atom. The van der Waals surface area contributed by atoms with Gasteiger partial charge in [-0.2, -0.15) is 5.10 Å². The summed E-state index contributed by atoms with van der Waals surface area (Å²) in [6.07, 6.45) is 5.46. The van der Waals surface area contributed by atoms with Crippen molar-refractivity contribution in [1.82, 2.24) is 15.0 Å². The number of hydrogen-bond acceptors (Lipinski definition) is 7. The quantitative estimate of drug-likeness (QED) is 0.119. The van der Waals surface area contributed by atoms with E-state index in [1.807, 2.05) is 30.3 Å². The Morgan fingerprint density at radius 1 is 1.22 bits per heavy atom. The molecule has 11 heteroatoms. The van der Waals surface area contributed by atoms with E-state index in [2.05, 4.69) is 42.4 Å². The van der Waals surface area contributed by atoms with Crippen molar-refractivity contribution in [1.29, 1.82) is 0 Å². The summed E-state index contributed by atoms with van der Waals surface area (Å²) in [6.45, 7) is 0. The van der Waals surface area contributed by atoms with Gasteiger partial charge in [0.2, 0.25) is 0 Å². The van der Waals surface area contributed by atoms with E-state index in [-0.39, 0.29) is 23.0 Å². The molecule has 0 atom stereocenters. The van der Waals surface area contributed by atoms with Gasteiger partial charge in [0.1, 0.15) is 10.6 Å². The van der Waals surface area contributed by atoms with Gasteiger partial charge in [0.25, 0.3) is 11.5 Å². The van der Waals surface area contributed by atoms with Crippen LogP contribution in [0.25, 0.3) is 15.9 Å². The number of hydrazone groups is 1. The maximum atomic E-state index is 13.7. The smallest absolute Gasteiger partial charge is 0.267 e. The maximum Gasteiger partial charge on any atom is 0.267 e. The molecule has 2 heterocycles. The van der Waals surface area contributed by atoms with Crippen LogP contribution in [0.4, 0.5) is 0 Å². The fourth-order valence-corrected chi connectivity index (χ4v) is 7.47. The summed E-state index contributed by atoms with van der Waals surface area (Å²) >= 11 is 9.40. The Balaban J connectivity index is 1.41. The van der Waals surface area contributed by atoms with Crippen LogP contribution in [0.2, 0.25) is 0 Å². The van der Waals surface area contributed by atoms with Gasteiger partial charge in [-0.1, -0.05) is 45.9 Å². The molecule has 0 saturated carbocycles. The Bertz CT molecular complexity index is 1550. The van der Waals surface area contributed by atoms with Crippen LogP contribution in [0.5, 0.6) is 5.75 Å². The number of rotatable bonds is 6. The van der Waals surface area contributed by atoms with E-state index in [1.54, 1.807) is 28.0 Å². The van der Waals surface area contributed by atoms with Gasteiger partial charge in [-0.25, -0.2) is 10.4 Å². The number of para-hydroxylation sites is 1. The normalized spacial score (nSPS) is 13.3. The van der Waals surface area contributed by atoms with Gasteiger partial charge < -0.3 is 5.11 Å². The lowest BCUT2D eigenvalue weighted by Crippen LogP contribution is -2.24. The number of aromatic nitrogens is 2. The van der Waals surface area contributed by atoms with Crippen molar-refractivity contribution in [3.8, 4) is 11.4 Å². The van der Waals surface area contributed by atoms with E-state index in [9.17, 15) is 14.7 Å². The van der Waals surface area contributed by atoms with Crippen molar-refractivity contribution in [3.05, 3.63) is 77.8 Å². The first-order valence-corrected chi connectivity index (χ1v) is 14.6. The summed E-state index contributed by atoms with van der Waals surface area (Å²) < 4.78 is 2.87. The summed E-state index contributed by atoms with van der Waals surface area (Å²) in [5.41, 5.74) is 4.67. The Hall–Kier alpha value is -2.47. The molecule has 2 N–H and O–H groups in total. The molecule has 0 saturated heterocycles. The third kappa shape index (κ3) is 5.15. The fraction of sp³-hybridized carbons (Fsp3) is 0.200. The number of halogens is 2. The number of carbonyl (C=O) groups excluding carboxylic acids is 1. The number of amides is 1. The number of thiophene rings is 1. The van der Waals surface area contributed by atoms with E-state index in [1.165, 1.54) is 22.9 Å². The van der Waals surface area contributed by atoms with E-state index >= 15 is 0 Å². The molecule has 0 aliphatic heterocycles. The molecule has 2 aromatic heterocycles. The van der Waals surface area contributed by atoms with Crippen LogP contribution in [-0.2, 0) is 17.6 Å². The van der Waals surface area contributed by atoms with Crippen molar-refractivity contribution in [2.45, 2.75) is 30.8 Å². The van der Waals surface area contributed by atoms with Gasteiger partial charge in [-0.15, -0.1) is 11.3 Å². The zero-order valence-electron chi connectivity index (χ0n) is 18.8. The molecule has 5 rings (SSSR count). The lowest BCUT2D eigenvalue weighted by atomic mass is 9.97. The standard InChI is InChI=1S/C25H20Br2N4O3S2/c26-15-10-14(22(33)18(27)11-15)12-28-30-20(32)13-35-25-29-23-21(17-8-4-5-9-19(17)36-23)24(34)31(25)16-6-2-1-3-7-16/h1-3,6-7,10-12,33H,4-5,8-9,13H2,(H,30,32)/b28-12+. The Labute approximate surface area is 231 Å². The second kappa shape index (κ2) is 10.9. The number of thioether (sulfide) groups is 1. The average Bonchev–Trinajstić information content (AvgIpc) is 3.25. The molecule has 1 aliphatic carbocycles. The van der Waals surface area contributed by atoms with Crippen molar-refractivity contribution in [2.24, 2.45) is 5.10 Å². The minimum absolute atomic E-state index is 0.0152. The summed E-state index contributed by atoms with van der Waals surface area (Å²) in [5.74, 6) is -0.320. The first-order chi connectivity index (χ1) is 17.4. The summed E-state index contributed by atoms with van der Waals surface area (Å²) in [4.78, 5) is 33.1. The van der Waals surface area contributed by atoms with Crippen molar-refractivity contribution >= 4 is 77.3 Å². The number of aryl methyl sites for hydroxylation is 2. The minimum atomic E-state index is -0.357. The van der Waals surface area contributed by atoms with Crippen LogP contribution in [0.1, 0.15) is 28.8 Å². The predicted octanol–water partition coefficient (Wildman–Crippen LogP) is 5.80. The number of fused-ring (bicyclic) bond motifs is 3. The predicted molar refractivity (Wildman–Crippen MR) is 152 cm³/mol. The summed E-state index contributed by atoms with van der Waals surface area (Å²) in [5, 5.41) is 15.3. The highest BCUT2D eigenvalue weighted by Crippen LogP contribution is 2.35. The lowest BCUT2D eigenvalue weighted by molar-refractivity contribution is -0.118. The Morgan fingerprint density at radius 3 is 2.81 bits per heavy atom. The summed E-state index contributed by atoms with van der Waals surface area (Å²) in [6, 6.07) is 12.8. The highest BCUT2D eigenvalue weighted by atomic mass is 79.9. The molecular weight excluding hydrogens is 628 g/mol. The van der Waals surface area contributed by atoms with Gasteiger partial charge in [0.05, 0.1) is 27.5 Å². The Kier molecular flexibility index (Phi) is 7.61. The van der Waals surface area contributed by atoms with Gasteiger partial charge in [0, 0.05) is 14.9 Å². The number of benzene rings is 2. The fourth-order valence-electron chi connectivity index (χ4n) is 4.11. The van der Waals surface area contributed by atoms with E-state index in [0.29, 0.717) is 26.3 Å². The first kappa shape index (κ1) is 25.2. The second-order valence-electron chi connectivity index (χ2n) is 8.17. The molecule has 1 amide bonds. The molecule has 0 radical (unpaired) electrons. The van der Waals surface area contributed by atoms with E-state index in [4.69, 9.17) is 4.98 Å².